The van der Waals surface area contributed by atoms with Crippen LogP contribution in [0.2, 0.25) is 0 Å². The summed E-state index contributed by atoms with van der Waals surface area (Å²) in [4.78, 5) is 10.8. The number of aliphatic carboxylic acids is 1. The van der Waals surface area contributed by atoms with Crippen molar-refractivity contribution in [2.75, 3.05) is 12.9 Å². The molecule has 4 nitrogen and oxygen atoms in total. The average molecular weight is 239 g/mol. The van der Waals surface area contributed by atoms with Crippen LogP contribution < -0.4 is 10.1 Å². The lowest BCUT2D eigenvalue weighted by Gasteiger charge is -2.12. The highest BCUT2D eigenvalue weighted by Gasteiger charge is 2.30. The number of methoxy groups -OCH3 is 1. The molecule has 5 heteroatoms. The maximum absolute atomic E-state index is 10.8. The molecule has 16 heavy (non-hydrogen) atoms. The van der Waals surface area contributed by atoms with Crippen molar-refractivity contribution in [1.82, 2.24) is 5.32 Å². The van der Waals surface area contributed by atoms with Crippen LogP contribution >= 0.6 is 11.8 Å². The molecule has 2 N–H and O–H groups in total. The zero-order valence-corrected chi connectivity index (χ0v) is 9.66. The minimum atomic E-state index is -0.794. The summed E-state index contributed by atoms with van der Waals surface area (Å²) in [5, 5.41) is 12.0. The van der Waals surface area contributed by atoms with Crippen LogP contribution in [0, 0.1) is 0 Å². The molecule has 86 valence electrons. The largest absolute Gasteiger partial charge is 0.497 e. The zero-order chi connectivity index (χ0) is 11.5. The number of carboxylic acids is 1. The molecule has 0 amide bonds. The van der Waals surface area contributed by atoms with Gasteiger partial charge < -0.3 is 9.84 Å². The first kappa shape index (κ1) is 11.3. The van der Waals surface area contributed by atoms with Crippen LogP contribution in [-0.2, 0) is 4.79 Å². The number of hydrogen-bond donors (Lipinski definition) is 2. The van der Waals surface area contributed by atoms with Gasteiger partial charge in [0.1, 0.15) is 11.8 Å². The Morgan fingerprint density at radius 2 is 2.44 bits per heavy atom. The SMILES string of the molecule is COc1cccc([C@H]2N[C@@H](C(=O)O)CS2)c1. The molecule has 0 unspecified atom stereocenters. The lowest BCUT2D eigenvalue weighted by atomic mass is 10.2. The Balaban J connectivity index is 2.11. The Labute approximate surface area is 98.0 Å². The van der Waals surface area contributed by atoms with Gasteiger partial charge in [0, 0.05) is 5.75 Å². The number of thioether (sulfide) groups is 1. The number of carboxylic acid groups (broad SMARTS) is 1. The number of rotatable bonds is 3. The van der Waals surface area contributed by atoms with Crippen LogP contribution in [0.3, 0.4) is 0 Å². The maximum Gasteiger partial charge on any atom is 0.321 e. The van der Waals surface area contributed by atoms with Gasteiger partial charge in [-0.3, -0.25) is 10.1 Å². The van der Waals surface area contributed by atoms with Gasteiger partial charge in [0.2, 0.25) is 0 Å². The van der Waals surface area contributed by atoms with E-state index in [1.807, 2.05) is 24.3 Å². The monoisotopic (exact) mass is 239 g/mol. The molecule has 0 saturated carbocycles. The first-order valence-electron chi connectivity index (χ1n) is 4.95. The summed E-state index contributed by atoms with van der Waals surface area (Å²) in [7, 11) is 1.62. The average Bonchev–Trinajstić information content (AvgIpc) is 2.78. The first-order chi connectivity index (χ1) is 7.70. The Morgan fingerprint density at radius 1 is 1.62 bits per heavy atom. The van der Waals surface area contributed by atoms with Crippen LogP contribution in [0.1, 0.15) is 10.9 Å². The molecule has 0 radical (unpaired) electrons. The van der Waals surface area contributed by atoms with Gasteiger partial charge >= 0.3 is 5.97 Å². The van der Waals surface area contributed by atoms with Crippen LogP contribution in [-0.4, -0.2) is 30.0 Å². The van der Waals surface area contributed by atoms with Crippen molar-refractivity contribution in [3.8, 4) is 5.75 Å². The third kappa shape index (κ3) is 2.31. The van der Waals surface area contributed by atoms with Crippen molar-refractivity contribution in [2.45, 2.75) is 11.4 Å². The van der Waals surface area contributed by atoms with Gasteiger partial charge in [0.15, 0.2) is 0 Å². The Kier molecular flexibility index (Phi) is 3.36. The van der Waals surface area contributed by atoms with E-state index in [1.165, 1.54) is 0 Å². The molecule has 1 aromatic rings. The fraction of sp³-hybridized carbons (Fsp3) is 0.364. The summed E-state index contributed by atoms with van der Waals surface area (Å²) in [6.07, 6.45) is 0. The second-order valence-corrected chi connectivity index (χ2v) is 4.69. The molecule has 0 spiro atoms. The van der Waals surface area contributed by atoms with Crippen molar-refractivity contribution in [1.29, 1.82) is 0 Å². The standard InChI is InChI=1S/C11H13NO3S/c1-15-8-4-2-3-7(5-8)10-12-9(6-16-10)11(13)14/h2-5,9-10,12H,6H2,1H3,(H,13,14)/t9-,10+/m1/s1. The van der Waals surface area contributed by atoms with E-state index < -0.39 is 12.0 Å². The summed E-state index contributed by atoms with van der Waals surface area (Å²) in [5.74, 6) is 0.591. The second kappa shape index (κ2) is 4.76. The lowest BCUT2D eigenvalue weighted by Crippen LogP contribution is -2.33. The Bertz CT molecular complexity index is 397. The topological polar surface area (TPSA) is 58.6 Å². The second-order valence-electron chi connectivity index (χ2n) is 3.55. The number of nitrogens with one attached hydrogen (secondary N) is 1. The highest BCUT2D eigenvalue weighted by molar-refractivity contribution is 7.99. The zero-order valence-electron chi connectivity index (χ0n) is 8.84. The molecular formula is C11H13NO3S. The van der Waals surface area contributed by atoms with Crippen molar-refractivity contribution in [3.63, 3.8) is 0 Å². The van der Waals surface area contributed by atoms with Crippen LogP contribution in [0.4, 0.5) is 0 Å². The highest BCUT2D eigenvalue weighted by atomic mass is 32.2. The van der Waals surface area contributed by atoms with Crippen molar-refractivity contribution < 1.29 is 14.6 Å². The van der Waals surface area contributed by atoms with Gasteiger partial charge in [0.05, 0.1) is 12.5 Å². The van der Waals surface area contributed by atoms with E-state index in [0.717, 1.165) is 11.3 Å². The van der Waals surface area contributed by atoms with Gasteiger partial charge in [-0.05, 0) is 17.7 Å². The summed E-state index contributed by atoms with van der Waals surface area (Å²) in [5.41, 5.74) is 1.05. The highest BCUT2D eigenvalue weighted by Crippen LogP contribution is 2.34. The third-order valence-electron chi connectivity index (χ3n) is 2.48. The molecule has 1 aliphatic rings. The van der Waals surface area contributed by atoms with Gasteiger partial charge in [-0.1, -0.05) is 12.1 Å². The molecule has 1 heterocycles. The van der Waals surface area contributed by atoms with E-state index in [2.05, 4.69) is 5.32 Å². The van der Waals surface area contributed by atoms with E-state index in [-0.39, 0.29) is 5.37 Å². The van der Waals surface area contributed by atoms with E-state index in [0.29, 0.717) is 5.75 Å². The predicted molar refractivity (Wildman–Crippen MR) is 62.8 cm³/mol. The quantitative estimate of drug-likeness (QED) is 0.836. The molecular weight excluding hydrogens is 226 g/mol. The molecule has 1 aliphatic heterocycles. The molecule has 1 fully saturated rings. The Hall–Kier alpha value is -1.20. The first-order valence-corrected chi connectivity index (χ1v) is 6.00. The van der Waals surface area contributed by atoms with Crippen LogP contribution in [0.25, 0.3) is 0 Å². The van der Waals surface area contributed by atoms with Gasteiger partial charge in [-0.2, -0.15) is 0 Å². The summed E-state index contributed by atoms with van der Waals surface area (Å²) in [6.45, 7) is 0. The van der Waals surface area contributed by atoms with Crippen LogP contribution in [0.15, 0.2) is 24.3 Å². The van der Waals surface area contributed by atoms with Crippen LogP contribution in [0.5, 0.6) is 5.75 Å². The van der Waals surface area contributed by atoms with Crippen molar-refractivity contribution in [2.24, 2.45) is 0 Å². The molecule has 0 bridgehead atoms. The lowest BCUT2D eigenvalue weighted by molar-refractivity contribution is -0.138. The number of hydrogen-bond acceptors (Lipinski definition) is 4. The van der Waals surface area contributed by atoms with Crippen molar-refractivity contribution >= 4 is 17.7 Å². The summed E-state index contributed by atoms with van der Waals surface area (Å²) >= 11 is 1.60. The molecule has 0 aliphatic carbocycles. The molecule has 1 saturated heterocycles. The molecule has 0 aromatic heterocycles. The molecule has 1 aromatic carbocycles. The summed E-state index contributed by atoms with van der Waals surface area (Å²) in [6, 6.07) is 7.22. The number of ether oxygens (including phenoxy) is 1. The van der Waals surface area contributed by atoms with E-state index in [4.69, 9.17) is 9.84 Å². The minimum absolute atomic E-state index is 0.0381. The number of benzene rings is 1. The number of carbonyl (C=O) groups is 1. The Morgan fingerprint density at radius 3 is 3.06 bits per heavy atom. The smallest absolute Gasteiger partial charge is 0.321 e. The molecule has 2 atom stereocenters. The molecule has 2 rings (SSSR count). The van der Waals surface area contributed by atoms with Gasteiger partial charge in [-0.25, -0.2) is 0 Å². The van der Waals surface area contributed by atoms with E-state index >= 15 is 0 Å². The maximum atomic E-state index is 10.8. The van der Waals surface area contributed by atoms with E-state index in [1.54, 1.807) is 18.9 Å². The predicted octanol–water partition coefficient (Wildman–Crippen LogP) is 1.48. The van der Waals surface area contributed by atoms with Gasteiger partial charge in [-0.15, -0.1) is 11.8 Å². The van der Waals surface area contributed by atoms with Crippen molar-refractivity contribution in [3.05, 3.63) is 29.8 Å². The minimum Gasteiger partial charge on any atom is -0.497 e. The third-order valence-corrected chi connectivity index (χ3v) is 3.74. The fourth-order valence-corrected chi connectivity index (χ4v) is 2.83. The van der Waals surface area contributed by atoms with Gasteiger partial charge in [0.25, 0.3) is 0 Å². The normalized spacial score (nSPS) is 24.3. The van der Waals surface area contributed by atoms with E-state index in [9.17, 15) is 4.79 Å². The fourth-order valence-electron chi connectivity index (χ4n) is 1.61. The summed E-state index contributed by atoms with van der Waals surface area (Å²) < 4.78 is 5.14.